The van der Waals surface area contributed by atoms with Crippen LogP contribution in [0.5, 0.6) is 0 Å². The molecule has 0 saturated heterocycles. The van der Waals surface area contributed by atoms with Crippen LogP contribution in [0.25, 0.3) is 0 Å². The number of nitrogens with zero attached hydrogens (tertiary/aromatic N) is 2. The van der Waals surface area contributed by atoms with Gasteiger partial charge in [0.25, 0.3) is 0 Å². The lowest BCUT2D eigenvalue weighted by molar-refractivity contribution is -0.155. The van der Waals surface area contributed by atoms with Gasteiger partial charge in [-0.1, -0.05) is 50.1 Å². The molecule has 154 valence electrons. The fourth-order valence-corrected chi connectivity index (χ4v) is 3.75. The van der Waals surface area contributed by atoms with Crippen molar-refractivity contribution in [2.24, 2.45) is 5.92 Å². The number of ether oxygens (including phenoxy) is 2. The average Bonchev–Trinajstić information content (AvgIpc) is 3.07. The van der Waals surface area contributed by atoms with Crippen molar-refractivity contribution in [2.45, 2.75) is 96.5 Å². The third-order valence-electron chi connectivity index (χ3n) is 5.09. The summed E-state index contributed by atoms with van der Waals surface area (Å²) in [7, 11) is 1.65. The Morgan fingerprint density at radius 3 is 2.67 bits per heavy atom. The lowest BCUT2D eigenvalue weighted by atomic mass is 9.84. The van der Waals surface area contributed by atoms with Crippen LogP contribution in [0, 0.1) is 5.92 Å². The second-order valence-corrected chi connectivity index (χ2v) is 8.71. The summed E-state index contributed by atoms with van der Waals surface area (Å²) in [4.78, 5) is 16.9. The van der Waals surface area contributed by atoms with E-state index in [-0.39, 0.29) is 18.3 Å². The molecule has 1 aliphatic carbocycles. The van der Waals surface area contributed by atoms with Gasteiger partial charge >= 0.3 is 5.97 Å². The Balaban J connectivity index is 1.94. The predicted octanol–water partition coefficient (Wildman–Crippen LogP) is 4.82. The number of hydrogen-bond donors (Lipinski definition) is 0. The first kappa shape index (κ1) is 21.9. The highest BCUT2D eigenvalue weighted by molar-refractivity contribution is 5.70. The molecule has 1 aliphatic rings. The van der Waals surface area contributed by atoms with Gasteiger partial charge in [0, 0.05) is 19.4 Å². The molecular formula is C21H36N2O4. The van der Waals surface area contributed by atoms with Gasteiger partial charge in [-0.05, 0) is 33.1 Å². The van der Waals surface area contributed by atoms with Gasteiger partial charge in [-0.25, -0.2) is 0 Å². The van der Waals surface area contributed by atoms with E-state index in [2.05, 4.69) is 10.1 Å². The summed E-state index contributed by atoms with van der Waals surface area (Å²) < 4.78 is 16.1. The minimum atomic E-state index is -0.484. The Labute approximate surface area is 163 Å². The zero-order valence-corrected chi connectivity index (χ0v) is 17.5. The minimum absolute atomic E-state index is 0.0766. The van der Waals surface area contributed by atoms with Crippen molar-refractivity contribution in [1.29, 1.82) is 0 Å². The molecule has 0 radical (unpaired) electrons. The third-order valence-corrected chi connectivity index (χ3v) is 5.09. The Kier molecular flexibility index (Phi) is 8.74. The molecule has 27 heavy (non-hydrogen) atoms. The largest absolute Gasteiger partial charge is 0.460 e. The first-order valence-electron chi connectivity index (χ1n) is 10.4. The van der Waals surface area contributed by atoms with Crippen LogP contribution in [0.15, 0.2) is 4.52 Å². The SMILES string of the molecule is COCCc1noc([C@H](CCCC2CCCCC2)CC(=O)OC(C)(C)C)n1. The maximum absolute atomic E-state index is 12.4. The van der Waals surface area contributed by atoms with Crippen LogP contribution < -0.4 is 0 Å². The highest BCUT2D eigenvalue weighted by Gasteiger charge is 2.26. The molecule has 0 spiro atoms. The van der Waals surface area contributed by atoms with Gasteiger partial charge in [0.05, 0.1) is 13.0 Å². The topological polar surface area (TPSA) is 74.5 Å². The molecule has 0 bridgehead atoms. The summed E-state index contributed by atoms with van der Waals surface area (Å²) in [5.74, 6) is 1.74. The Hall–Kier alpha value is -1.43. The fraction of sp³-hybridized carbons (Fsp3) is 0.857. The summed E-state index contributed by atoms with van der Waals surface area (Å²) in [6.07, 6.45) is 10.9. The number of rotatable bonds is 10. The Morgan fingerprint density at radius 1 is 1.26 bits per heavy atom. The van der Waals surface area contributed by atoms with Crippen LogP contribution in [0.4, 0.5) is 0 Å². The van der Waals surface area contributed by atoms with Gasteiger partial charge in [-0.3, -0.25) is 4.79 Å². The van der Waals surface area contributed by atoms with Crippen LogP contribution in [-0.2, 0) is 20.7 Å². The lowest BCUT2D eigenvalue weighted by Crippen LogP contribution is -2.25. The summed E-state index contributed by atoms with van der Waals surface area (Å²) in [5, 5.41) is 4.04. The van der Waals surface area contributed by atoms with Gasteiger partial charge < -0.3 is 14.0 Å². The second kappa shape index (κ2) is 10.8. The van der Waals surface area contributed by atoms with Gasteiger partial charge in [-0.2, -0.15) is 4.98 Å². The highest BCUT2D eigenvalue weighted by Crippen LogP contribution is 2.31. The number of carbonyl (C=O) groups is 1. The number of carbonyl (C=O) groups excluding carboxylic acids is 1. The number of methoxy groups -OCH3 is 1. The van der Waals surface area contributed by atoms with Crippen molar-refractivity contribution >= 4 is 5.97 Å². The summed E-state index contributed by atoms with van der Waals surface area (Å²) in [5.41, 5.74) is -0.484. The van der Waals surface area contributed by atoms with Crippen LogP contribution in [0.3, 0.4) is 0 Å². The van der Waals surface area contributed by atoms with Gasteiger partial charge in [-0.15, -0.1) is 0 Å². The molecule has 0 unspecified atom stereocenters. The minimum Gasteiger partial charge on any atom is -0.460 e. The number of esters is 1. The van der Waals surface area contributed by atoms with Crippen LogP contribution >= 0.6 is 0 Å². The molecule has 0 aliphatic heterocycles. The van der Waals surface area contributed by atoms with Gasteiger partial charge in [0.15, 0.2) is 5.82 Å². The van der Waals surface area contributed by atoms with E-state index in [9.17, 15) is 4.79 Å². The van der Waals surface area contributed by atoms with E-state index >= 15 is 0 Å². The molecule has 2 rings (SSSR count). The zero-order valence-electron chi connectivity index (χ0n) is 17.5. The molecule has 0 aromatic carbocycles. The molecule has 1 heterocycles. The molecule has 6 heteroatoms. The molecule has 1 aromatic rings. The van der Waals surface area contributed by atoms with Crippen molar-refractivity contribution in [3.05, 3.63) is 11.7 Å². The van der Waals surface area contributed by atoms with Crippen molar-refractivity contribution in [3.63, 3.8) is 0 Å². The van der Waals surface area contributed by atoms with E-state index in [4.69, 9.17) is 14.0 Å². The molecule has 1 aromatic heterocycles. The smallest absolute Gasteiger partial charge is 0.307 e. The highest BCUT2D eigenvalue weighted by atomic mass is 16.6. The van der Waals surface area contributed by atoms with E-state index in [1.54, 1.807) is 7.11 Å². The Bertz CT molecular complexity index is 559. The monoisotopic (exact) mass is 380 g/mol. The third kappa shape index (κ3) is 8.41. The zero-order chi connectivity index (χ0) is 19.7. The normalized spacial score (nSPS) is 17.0. The van der Waals surface area contributed by atoms with Crippen LogP contribution in [0.1, 0.15) is 96.2 Å². The first-order valence-corrected chi connectivity index (χ1v) is 10.4. The maximum Gasteiger partial charge on any atom is 0.307 e. The first-order chi connectivity index (χ1) is 12.9. The predicted molar refractivity (Wildman–Crippen MR) is 104 cm³/mol. The average molecular weight is 381 g/mol. The standard InChI is InChI=1S/C21H36N2O4/c1-21(2,3)26-19(24)15-17(12-8-11-16-9-6-5-7-10-16)20-22-18(23-27-20)13-14-25-4/h16-17H,5-15H2,1-4H3/t17-/m1/s1. The van der Waals surface area contributed by atoms with Crippen molar-refractivity contribution in [3.8, 4) is 0 Å². The van der Waals surface area contributed by atoms with E-state index < -0.39 is 5.60 Å². The molecule has 1 fully saturated rings. The molecule has 1 atom stereocenters. The maximum atomic E-state index is 12.4. The van der Waals surface area contributed by atoms with E-state index in [0.717, 1.165) is 18.8 Å². The molecule has 0 N–H and O–H groups in total. The number of hydrogen-bond acceptors (Lipinski definition) is 6. The second-order valence-electron chi connectivity index (χ2n) is 8.71. The van der Waals surface area contributed by atoms with Crippen molar-refractivity contribution in [1.82, 2.24) is 10.1 Å². The summed E-state index contributed by atoms with van der Waals surface area (Å²) in [6, 6.07) is 0. The van der Waals surface area contributed by atoms with Crippen molar-refractivity contribution in [2.75, 3.05) is 13.7 Å². The number of aromatic nitrogens is 2. The molecule has 1 saturated carbocycles. The molecule has 0 amide bonds. The van der Waals surface area contributed by atoms with Crippen LogP contribution in [0.2, 0.25) is 0 Å². The van der Waals surface area contributed by atoms with E-state index in [1.165, 1.54) is 38.5 Å². The summed E-state index contributed by atoms with van der Waals surface area (Å²) >= 11 is 0. The lowest BCUT2D eigenvalue weighted by Gasteiger charge is -2.23. The molecule has 6 nitrogen and oxygen atoms in total. The Morgan fingerprint density at radius 2 is 2.00 bits per heavy atom. The van der Waals surface area contributed by atoms with Gasteiger partial charge in [0.2, 0.25) is 5.89 Å². The van der Waals surface area contributed by atoms with Crippen LogP contribution in [-0.4, -0.2) is 35.4 Å². The van der Waals surface area contributed by atoms with Crippen molar-refractivity contribution < 1.29 is 18.8 Å². The van der Waals surface area contributed by atoms with Gasteiger partial charge in [0.1, 0.15) is 5.60 Å². The summed E-state index contributed by atoms with van der Waals surface area (Å²) in [6.45, 7) is 6.22. The fourth-order valence-electron chi connectivity index (χ4n) is 3.75. The van der Waals surface area contributed by atoms with E-state index in [0.29, 0.717) is 24.7 Å². The van der Waals surface area contributed by atoms with E-state index in [1.807, 2.05) is 20.8 Å². The quantitative estimate of drug-likeness (QED) is 0.542. The molecular weight excluding hydrogens is 344 g/mol.